The fourth-order valence-electron chi connectivity index (χ4n) is 1.54. The predicted molar refractivity (Wildman–Crippen MR) is 56.5 cm³/mol. The van der Waals surface area contributed by atoms with Crippen LogP contribution in [0, 0.1) is 5.82 Å². The molecule has 0 N–H and O–H groups in total. The highest BCUT2D eigenvalue weighted by Crippen LogP contribution is 2.53. The molecule has 22 heavy (non-hydrogen) atoms. The SMILES string of the molecule is C=C(F)C(=O)OC(c1ccc(F)cc1)(C(F)(F)F)C(F)(F)F. The molecule has 0 bridgehead atoms. The maximum atomic E-state index is 13.0. The van der Waals surface area contributed by atoms with E-state index in [0.717, 1.165) is 0 Å². The fourth-order valence-corrected chi connectivity index (χ4v) is 1.54. The summed E-state index contributed by atoms with van der Waals surface area (Å²) in [5.41, 5.74) is -6.79. The van der Waals surface area contributed by atoms with Gasteiger partial charge in [-0.25, -0.2) is 9.18 Å². The van der Waals surface area contributed by atoms with E-state index in [1.54, 1.807) is 0 Å². The first kappa shape index (κ1) is 17.9. The number of esters is 1. The summed E-state index contributed by atoms with van der Waals surface area (Å²) in [6.07, 6.45) is -12.4. The fraction of sp³-hybridized carbons (Fsp3) is 0.250. The average molecular weight is 334 g/mol. The molecule has 122 valence electrons. The van der Waals surface area contributed by atoms with Crippen LogP contribution in [0.3, 0.4) is 0 Å². The molecular weight excluding hydrogens is 328 g/mol. The number of carbonyl (C=O) groups excluding carboxylic acids is 1. The Morgan fingerprint density at radius 3 is 1.68 bits per heavy atom. The molecule has 0 aliphatic heterocycles. The minimum absolute atomic E-state index is 0.130. The molecule has 0 unspecified atom stereocenters. The summed E-state index contributed by atoms with van der Waals surface area (Å²) in [7, 11) is 0. The van der Waals surface area contributed by atoms with Gasteiger partial charge < -0.3 is 4.74 Å². The van der Waals surface area contributed by atoms with E-state index in [-0.39, 0.29) is 12.1 Å². The summed E-state index contributed by atoms with van der Waals surface area (Å²) in [6.45, 7) is 2.28. The van der Waals surface area contributed by atoms with Crippen molar-refractivity contribution in [3.05, 3.63) is 48.1 Å². The van der Waals surface area contributed by atoms with Crippen LogP contribution in [-0.4, -0.2) is 18.3 Å². The number of rotatable bonds is 3. The van der Waals surface area contributed by atoms with Crippen molar-refractivity contribution in [2.75, 3.05) is 0 Å². The molecule has 1 rings (SSSR count). The molecule has 0 spiro atoms. The highest BCUT2D eigenvalue weighted by Gasteiger charge is 2.75. The standard InChI is InChI=1S/C12H6F8O2/c1-6(13)9(21)22-10(11(15,16)17,12(18,19)20)7-2-4-8(14)5-3-7/h2-5H,1H2. The molecule has 10 heteroatoms. The summed E-state index contributed by atoms with van der Waals surface area (Å²) in [4.78, 5) is 10.9. The lowest BCUT2D eigenvalue weighted by atomic mass is 9.91. The van der Waals surface area contributed by atoms with Crippen molar-refractivity contribution < 1.29 is 44.7 Å². The van der Waals surface area contributed by atoms with Gasteiger partial charge in [-0.15, -0.1) is 0 Å². The number of ether oxygens (including phenoxy) is 1. The van der Waals surface area contributed by atoms with Gasteiger partial charge in [0, 0.05) is 5.56 Å². The van der Waals surface area contributed by atoms with Crippen LogP contribution in [0.2, 0.25) is 0 Å². The first-order valence-corrected chi connectivity index (χ1v) is 5.30. The normalized spacial score (nSPS) is 12.9. The smallest absolute Gasteiger partial charge is 0.429 e. The van der Waals surface area contributed by atoms with Crippen molar-refractivity contribution in [2.24, 2.45) is 0 Å². The van der Waals surface area contributed by atoms with E-state index in [2.05, 4.69) is 11.3 Å². The molecule has 1 aromatic carbocycles. The minimum atomic E-state index is -6.19. The summed E-state index contributed by atoms with van der Waals surface area (Å²) in [5, 5.41) is 0. The van der Waals surface area contributed by atoms with Crippen molar-refractivity contribution in [1.82, 2.24) is 0 Å². The monoisotopic (exact) mass is 334 g/mol. The third-order valence-corrected chi connectivity index (χ3v) is 2.52. The number of alkyl halides is 6. The van der Waals surface area contributed by atoms with E-state index < -0.39 is 41.1 Å². The van der Waals surface area contributed by atoms with Crippen LogP contribution in [0.25, 0.3) is 0 Å². The number of hydrogen-bond donors (Lipinski definition) is 0. The number of hydrogen-bond acceptors (Lipinski definition) is 2. The van der Waals surface area contributed by atoms with Gasteiger partial charge in [0.15, 0.2) is 0 Å². The Kier molecular flexibility index (Phi) is 4.54. The summed E-state index contributed by atoms with van der Waals surface area (Å²) < 4.78 is 107. The number of benzene rings is 1. The maximum absolute atomic E-state index is 13.0. The zero-order valence-electron chi connectivity index (χ0n) is 10.4. The summed E-state index contributed by atoms with van der Waals surface area (Å²) in [5.74, 6) is -5.82. The van der Waals surface area contributed by atoms with E-state index in [9.17, 15) is 39.9 Å². The van der Waals surface area contributed by atoms with Crippen LogP contribution < -0.4 is 0 Å². The van der Waals surface area contributed by atoms with Crippen LogP contribution in [-0.2, 0) is 15.1 Å². The molecule has 1 aromatic rings. The van der Waals surface area contributed by atoms with Crippen LogP contribution in [0.5, 0.6) is 0 Å². The second-order valence-corrected chi connectivity index (χ2v) is 3.98. The van der Waals surface area contributed by atoms with Gasteiger partial charge >= 0.3 is 23.9 Å². The first-order chi connectivity index (χ1) is 9.83. The molecule has 0 amide bonds. The van der Waals surface area contributed by atoms with Gasteiger partial charge in [-0.1, -0.05) is 18.7 Å². The Bertz CT molecular complexity index is 556. The van der Waals surface area contributed by atoms with Gasteiger partial charge in [0.25, 0.3) is 0 Å². The van der Waals surface area contributed by atoms with Crippen molar-refractivity contribution in [2.45, 2.75) is 18.0 Å². The first-order valence-electron chi connectivity index (χ1n) is 5.30. The average Bonchev–Trinajstić information content (AvgIpc) is 2.33. The molecule has 0 radical (unpaired) electrons. The lowest BCUT2D eigenvalue weighted by Crippen LogP contribution is -2.56. The van der Waals surface area contributed by atoms with Crippen LogP contribution >= 0.6 is 0 Å². The Balaban J connectivity index is 3.63. The molecule has 2 nitrogen and oxygen atoms in total. The summed E-state index contributed by atoms with van der Waals surface area (Å²) >= 11 is 0. The highest BCUT2D eigenvalue weighted by molar-refractivity contribution is 5.85. The molecule has 0 aliphatic carbocycles. The van der Waals surface area contributed by atoms with Crippen molar-refractivity contribution in [3.63, 3.8) is 0 Å². The van der Waals surface area contributed by atoms with Crippen LogP contribution in [0.4, 0.5) is 35.1 Å². The quantitative estimate of drug-likeness (QED) is 0.471. The Morgan fingerprint density at radius 2 is 1.36 bits per heavy atom. The van der Waals surface area contributed by atoms with Crippen molar-refractivity contribution in [1.29, 1.82) is 0 Å². The maximum Gasteiger partial charge on any atom is 0.442 e. The molecule has 0 saturated carbocycles. The summed E-state index contributed by atoms with van der Waals surface area (Å²) in [6, 6.07) is 0.870. The highest BCUT2D eigenvalue weighted by atomic mass is 19.4. The predicted octanol–water partition coefficient (Wildman–Crippen LogP) is 4.17. The van der Waals surface area contributed by atoms with E-state index in [1.165, 1.54) is 0 Å². The van der Waals surface area contributed by atoms with Gasteiger partial charge in [0.05, 0.1) is 0 Å². The van der Waals surface area contributed by atoms with Crippen LogP contribution in [0.15, 0.2) is 36.7 Å². The van der Waals surface area contributed by atoms with Gasteiger partial charge in [0.2, 0.25) is 5.83 Å². The molecular formula is C12H6F8O2. The molecule has 0 fully saturated rings. The number of halogens is 8. The van der Waals surface area contributed by atoms with Gasteiger partial charge in [-0.3, -0.25) is 0 Å². The Morgan fingerprint density at radius 1 is 0.955 bits per heavy atom. The minimum Gasteiger partial charge on any atom is -0.429 e. The van der Waals surface area contributed by atoms with Crippen molar-refractivity contribution >= 4 is 5.97 Å². The number of carbonyl (C=O) groups is 1. The van der Waals surface area contributed by atoms with Gasteiger partial charge in [-0.05, 0) is 12.1 Å². The molecule has 0 heterocycles. The molecule has 0 saturated heterocycles. The third-order valence-electron chi connectivity index (χ3n) is 2.52. The zero-order valence-corrected chi connectivity index (χ0v) is 10.4. The molecule has 0 aliphatic rings. The van der Waals surface area contributed by atoms with Crippen LogP contribution in [0.1, 0.15) is 5.56 Å². The van der Waals surface area contributed by atoms with E-state index >= 15 is 0 Å². The molecule has 0 aromatic heterocycles. The lowest BCUT2D eigenvalue weighted by Gasteiger charge is -2.36. The molecule has 0 atom stereocenters. The Hall–Kier alpha value is -2.13. The van der Waals surface area contributed by atoms with E-state index in [4.69, 9.17) is 0 Å². The topological polar surface area (TPSA) is 26.3 Å². The largest absolute Gasteiger partial charge is 0.442 e. The lowest BCUT2D eigenvalue weighted by molar-refractivity contribution is -0.377. The van der Waals surface area contributed by atoms with Crippen molar-refractivity contribution in [3.8, 4) is 0 Å². The second-order valence-electron chi connectivity index (χ2n) is 3.98. The zero-order chi connectivity index (χ0) is 17.3. The third kappa shape index (κ3) is 3.04. The van der Waals surface area contributed by atoms with Gasteiger partial charge in [0.1, 0.15) is 5.82 Å². The van der Waals surface area contributed by atoms with E-state index in [1.807, 2.05) is 0 Å². The van der Waals surface area contributed by atoms with Gasteiger partial charge in [-0.2, -0.15) is 30.7 Å². The second kappa shape index (κ2) is 5.58. The van der Waals surface area contributed by atoms with E-state index in [0.29, 0.717) is 12.1 Å². The Labute approximate surface area is 118 Å².